The smallest absolute Gasteiger partial charge is 0.119 e. The second kappa shape index (κ2) is 5.19. The van der Waals surface area contributed by atoms with E-state index in [2.05, 4.69) is 34.5 Å². The third-order valence-electron chi connectivity index (χ3n) is 4.10. The van der Waals surface area contributed by atoms with Crippen molar-refractivity contribution in [2.75, 3.05) is 31.1 Å². The summed E-state index contributed by atoms with van der Waals surface area (Å²) >= 11 is 0. The molecule has 4 rings (SSSR count). The van der Waals surface area contributed by atoms with Gasteiger partial charge in [-0.25, -0.2) is 0 Å². The van der Waals surface area contributed by atoms with E-state index in [1.807, 2.05) is 6.92 Å². The van der Waals surface area contributed by atoms with Crippen molar-refractivity contribution in [3.05, 3.63) is 24.3 Å². The highest BCUT2D eigenvalue weighted by atomic mass is 16.5. The number of hydrogen-bond donors (Lipinski definition) is 1. The Morgan fingerprint density at radius 1 is 1.22 bits per heavy atom. The first-order valence-electron chi connectivity index (χ1n) is 7.07. The number of anilines is 1. The van der Waals surface area contributed by atoms with Crippen LogP contribution in [0.2, 0.25) is 0 Å². The van der Waals surface area contributed by atoms with Crippen LogP contribution in [0.15, 0.2) is 24.3 Å². The van der Waals surface area contributed by atoms with Gasteiger partial charge in [-0.15, -0.1) is 0 Å². The van der Waals surface area contributed by atoms with Gasteiger partial charge in [-0.3, -0.25) is 0 Å². The Morgan fingerprint density at radius 2 is 2.06 bits per heavy atom. The molecule has 3 heterocycles. The van der Waals surface area contributed by atoms with Crippen LogP contribution >= 0.6 is 0 Å². The van der Waals surface area contributed by atoms with Crippen LogP contribution in [0.25, 0.3) is 0 Å². The Morgan fingerprint density at radius 3 is 2.83 bits per heavy atom. The topological polar surface area (TPSA) is 24.5 Å². The minimum absolute atomic E-state index is 0.668. The van der Waals surface area contributed by atoms with E-state index < -0.39 is 0 Å². The van der Waals surface area contributed by atoms with Crippen molar-refractivity contribution in [2.24, 2.45) is 5.92 Å². The molecule has 0 radical (unpaired) electrons. The Balaban J connectivity index is 1.77. The Bertz CT molecular complexity index is 386. The van der Waals surface area contributed by atoms with Crippen molar-refractivity contribution < 1.29 is 4.74 Å². The number of ether oxygens (including phenoxy) is 1. The molecule has 18 heavy (non-hydrogen) atoms. The molecule has 1 N–H and O–H groups in total. The molecule has 1 aromatic rings. The lowest BCUT2D eigenvalue weighted by Crippen LogP contribution is -2.43. The summed E-state index contributed by atoms with van der Waals surface area (Å²) in [5.74, 6) is 1.79. The van der Waals surface area contributed by atoms with Gasteiger partial charge in [0.05, 0.1) is 6.61 Å². The van der Waals surface area contributed by atoms with Gasteiger partial charge in [0.25, 0.3) is 0 Å². The van der Waals surface area contributed by atoms with Gasteiger partial charge in [0.15, 0.2) is 0 Å². The summed E-state index contributed by atoms with van der Waals surface area (Å²) < 4.78 is 5.50. The van der Waals surface area contributed by atoms with Gasteiger partial charge < -0.3 is 15.0 Å². The fourth-order valence-corrected chi connectivity index (χ4v) is 3.15. The summed E-state index contributed by atoms with van der Waals surface area (Å²) in [6.07, 6.45) is 2.70. The van der Waals surface area contributed by atoms with Gasteiger partial charge in [-0.05, 0) is 56.5 Å². The normalized spacial score (nSPS) is 27.1. The number of hydrogen-bond acceptors (Lipinski definition) is 3. The number of benzene rings is 1. The molecular formula is C15H22N2O. The molecule has 0 amide bonds. The zero-order valence-corrected chi connectivity index (χ0v) is 11.1. The highest BCUT2D eigenvalue weighted by Gasteiger charge is 2.31. The summed E-state index contributed by atoms with van der Waals surface area (Å²) in [6, 6.07) is 9.24. The van der Waals surface area contributed by atoms with E-state index in [1.165, 1.54) is 31.6 Å². The maximum Gasteiger partial charge on any atom is 0.119 e. The lowest BCUT2D eigenvalue weighted by Gasteiger charge is -2.38. The number of piperidine rings is 1. The summed E-state index contributed by atoms with van der Waals surface area (Å²) in [6.45, 7) is 6.27. The molecule has 3 nitrogen and oxygen atoms in total. The summed E-state index contributed by atoms with van der Waals surface area (Å²) in [5, 5.41) is 3.57. The molecule has 98 valence electrons. The van der Waals surface area contributed by atoms with Gasteiger partial charge in [0, 0.05) is 24.8 Å². The van der Waals surface area contributed by atoms with Crippen molar-refractivity contribution in [1.29, 1.82) is 0 Å². The minimum atomic E-state index is 0.668. The van der Waals surface area contributed by atoms with E-state index >= 15 is 0 Å². The predicted molar refractivity (Wildman–Crippen MR) is 74.3 cm³/mol. The van der Waals surface area contributed by atoms with Crippen LogP contribution in [0.1, 0.15) is 19.8 Å². The van der Waals surface area contributed by atoms with Crippen LogP contribution in [0.5, 0.6) is 5.75 Å². The third-order valence-corrected chi connectivity index (χ3v) is 4.10. The maximum absolute atomic E-state index is 5.50. The molecule has 0 aromatic heterocycles. The fraction of sp³-hybridized carbons (Fsp3) is 0.600. The van der Waals surface area contributed by atoms with Crippen LogP contribution in [-0.2, 0) is 0 Å². The molecule has 3 heteroatoms. The highest BCUT2D eigenvalue weighted by molar-refractivity contribution is 5.50. The molecule has 0 aliphatic carbocycles. The monoisotopic (exact) mass is 246 g/mol. The molecule has 2 atom stereocenters. The van der Waals surface area contributed by atoms with Crippen LogP contribution in [-0.4, -0.2) is 32.3 Å². The average Bonchev–Trinajstić information content (AvgIpc) is 2.75. The first-order valence-corrected chi connectivity index (χ1v) is 7.07. The maximum atomic E-state index is 5.50. The first kappa shape index (κ1) is 11.8. The Labute approximate surface area is 109 Å². The summed E-state index contributed by atoms with van der Waals surface area (Å²) in [7, 11) is 0. The zero-order chi connectivity index (χ0) is 12.4. The quantitative estimate of drug-likeness (QED) is 0.885. The molecule has 1 aromatic carbocycles. The zero-order valence-electron chi connectivity index (χ0n) is 11.1. The first-order chi connectivity index (χ1) is 8.86. The Hall–Kier alpha value is -1.22. The molecule has 3 fully saturated rings. The lowest BCUT2D eigenvalue weighted by atomic mass is 9.94. The number of nitrogens with zero attached hydrogens (tertiary/aromatic N) is 1. The van der Waals surface area contributed by atoms with Crippen molar-refractivity contribution in [3.8, 4) is 5.75 Å². The van der Waals surface area contributed by atoms with Gasteiger partial charge in [0.1, 0.15) is 5.75 Å². The van der Waals surface area contributed by atoms with Gasteiger partial charge in [-0.2, -0.15) is 0 Å². The highest BCUT2D eigenvalue weighted by Crippen LogP contribution is 2.30. The van der Waals surface area contributed by atoms with E-state index in [1.54, 1.807) is 0 Å². The number of nitrogens with one attached hydrogen (secondary N) is 1. The van der Waals surface area contributed by atoms with Crippen LogP contribution in [0, 0.1) is 5.92 Å². The van der Waals surface area contributed by atoms with Crippen LogP contribution in [0.3, 0.4) is 0 Å². The molecule has 3 saturated heterocycles. The largest absolute Gasteiger partial charge is 0.494 e. The van der Waals surface area contributed by atoms with Gasteiger partial charge in [-0.1, -0.05) is 0 Å². The Kier molecular flexibility index (Phi) is 3.41. The molecule has 2 bridgehead atoms. The summed E-state index contributed by atoms with van der Waals surface area (Å²) in [4.78, 5) is 2.57. The number of rotatable bonds is 3. The summed E-state index contributed by atoms with van der Waals surface area (Å²) in [5.41, 5.74) is 1.34. The minimum Gasteiger partial charge on any atom is -0.494 e. The van der Waals surface area contributed by atoms with Gasteiger partial charge >= 0.3 is 0 Å². The van der Waals surface area contributed by atoms with Crippen LogP contribution in [0.4, 0.5) is 5.69 Å². The third kappa shape index (κ3) is 2.32. The molecule has 0 saturated carbocycles. The van der Waals surface area contributed by atoms with Crippen molar-refractivity contribution in [1.82, 2.24) is 5.32 Å². The molecule has 3 aliphatic rings. The van der Waals surface area contributed by atoms with Crippen molar-refractivity contribution in [3.63, 3.8) is 0 Å². The molecule has 0 unspecified atom stereocenters. The predicted octanol–water partition coefficient (Wildman–Crippen LogP) is 2.27. The lowest BCUT2D eigenvalue weighted by molar-refractivity contribution is 0.340. The average molecular weight is 246 g/mol. The van der Waals surface area contributed by atoms with Gasteiger partial charge in [0.2, 0.25) is 0 Å². The van der Waals surface area contributed by atoms with E-state index in [4.69, 9.17) is 4.74 Å². The SMILES string of the molecule is CCOc1ccc(N2C[C@@H]3CC[C@H]2CNC3)cc1. The standard InChI is InChI=1S/C15H22N2O/c1-2-18-15-7-5-13(6-8-15)17-11-12-3-4-14(17)10-16-9-12/h5-8,12,14,16H,2-4,9-11H2,1H3/t12-,14+/m1/s1. The molecule has 0 spiro atoms. The van der Waals surface area contributed by atoms with E-state index in [-0.39, 0.29) is 0 Å². The van der Waals surface area contributed by atoms with Crippen molar-refractivity contribution >= 4 is 5.69 Å². The molecule has 3 aliphatic heterocycles. The van der Waals surface area contributed by atoms with E-state index in [0.717, 1.165) is 24.8 Å². The fourth-order valence-electron chi connectivity index (χ4n) is 3.15. The van der Waals surface area contributed by atoms with E-state index in [9.17, 15) is 0 Å². The van der Waals surface area contributed by atoms with Crippen LogP contribution < -0.4 is 15.0 Å². The number of fused-ring (bicyclic) bond motifs is 4. The second-order valence-electron chi connectivity index (χ2n) is 5.33. The van der Waals surface area contributed by atoms with Crippen molar-refractivity contribution in [2.45, 2.75) is 25.8 Å². The molecular weight excluding hydrogens is 224 g/mol. The second-order valence-corrected chi connectivity index (χ2v) is 5.33. The van der Waals surface area contributed by atoms with E-state index in [0.29, 0.717) is 6.04 Å².